The molecule has 0 saturated heterocycles. The zero-order valence-electron chi connectivity index (χ0n) is 9.48. The van der Waals surface area contributed by atoms with E-state index in [4.69, 9.17) is 0 Å². The summed E-state index contributed by atoms with van der Waals surface area (Å²) in [5, 5.41) is 2.27. The minimum Gasteiger partial charge on any atom is -0.376 e. The van der Waals surface area contributed by atoms with Crippen LogP contribution in [0, 0.1) is 29.1 Å². The Labute approximate surface area is 105 Å². The van der Waals surface area contributed by atoms with Crippen LogP contribution < -0.4 is 5.32 Å². The molecule has 0 aliphatic carbocycles. The van der Waals surface area contributed by atoms with Crippen LogP contribution in [0.5, 0.6) is 0 Å². The van der Waals surface area contributed by atoms with Gasteiger partial charge in [-0.1, -0.05) is 12.1 Å². The smallest absolute Gasteiger partial charge is 0.163 e. The molecule has 0 unspecified atom stereocenters. The zero-order valence-corrected chi connectivity index (χ0v) is 9.48. The quantitative estimate of drug-likeness (QED) is 0.834. The Balaban J connectivity index is 2.22. The van der Waals surface area contributed by atoms with E-state index in [1.807, 2.05) is 0 Å². The Hall–Kier alpha value is -2.11. The van der Waals surface area contributed by atoms with Gasteiger partial charge in [-0.2, -0.15) is 0 Å². The molecule has 0 atom stereocenters. The van der Waals surface area contributed by atoms with Crippen LogP contribution in [-0.4, -0.2) is 0 Å². The van der Waals surface area contributed by atoms with Gasteiger partial charge >= 0.3 is 0 Å². The van der Waals surface area contributed by atoms with Crippen molar-refractivity contribution in [2.75, 3.05) is 5.32 Å². The van der Waals surface area contributed by atoms with E-state index in [2.05, 4.69) is 5.32 Å². The van der Waals surface area contributed by atoms with Gasteiger partial charge in [0.05, 0.1) is 0 Å². The largest absolute Gasteiger partial charge is 0.376 e. The maximum absolute atomic E-state index is 13.3. The average molecular weight is 273 g/mol. The average Bonchev–Trinajstić information content (AvgIpc) is 2.33. The second-order valence-electron chi connectivity index (χ2n) is 3.81. The highest BCUT2D eigenvalue weighted by Gasteiger charge is 2.13. The van der Waals surface area contributed by atoms with Crippen molar-refractivity contribution in [1.82, 2.24) is 0 Å². The molecular formula is C13H8F5N. The maximum Gasteiger partial charge on any atom is 0.163 e. The van der Waals surface area contributed by atoms with Gasteiger partial charge in [0.1, 0.15) is 11.5 Å². The monoisotopic (exact) mass is 273 g/mol. The summed E-state index contributed by atoms with van der Waals surface area (Å²) in [6, 6.07) is 4.45. The molecule has 0 saturated carbocycles. The lowest BCUT2D eigenvalue weighted by Gasteiger charge is -2.10. The number of hydrogen-bond donors (Lipinski definition) is 1. The van der Waals surface area contributed by atoms with Gasteiger partial charge in [0.15, 0.2) is 23.3 Å². The molecule has 0 aliphatic heterocycles. The van der Waals surface area contributed by atoms with Crippen LogP contribution in [0.2, 0.25) is 0 Å². The van der Waals surface area contributed by atoms with E-state index in [1.54, 1.807) is 0 Å². The van der Waals surface area contributed by atoms with Gasteiger partial charge in [-0.15, -0.1) is 0 Å². The number of anilines is 1. The van der Waals surface area contributed by atoms with Gasteiger partial charge in [-0.25, -0.2) is 22.0 Å². The molecule has 2 aromatic rings. The number of hydrogen-bond acceptors (Lipinski definition) is 1. The molecule has 0 radical (unpaired) electrons. The van der Waals surface area contributed by atoms with E-state index < -0.39 is 34.8 Å². The van der Waals surface area contributed by atoms with Crippen molar-refractivity contribution in [3.8, 4) is 0 Å². The van der Waals surface area contributed by atoms with Crippen molar-refractivity contribution < 1.29 is 22.0 Å². The Kier molecular flexibility index (Phi) is 3.69. The van der Waals surface area contributed by atoms with Crippen molar-refractivity contribution in [1.29, 1.82) is 0 Å². The Morgan fingerprint density at radius 3 is 2.11 bits per heavy atom. The Bertz CT molecular complexity index is 589. The first-order valence-electron chi connectivity index (χ1n) is 5.30. The van der Waals surface area contributed by atoms with Gasteiger partial charge in [-0.05, 0) is 6.07 Å². The summed E-state index contributed by atoms with van der Waals surface area (Å²) in [7, 11) is 0. The summed E-state index contributed by atoms with van der Waals surface area (Å²) in [6.45, 7) is -0.330. The first kappa shape index (κ1) is 13.3. The van der Waals surface area contributed by atoms with Crippen LogP contribution in [-0.2, 0) is 6.54 Å². The molecule has 0 aliphatic rings. The fourth-order valence-electron chi connectivity index (χ4n) is 1.58. The van der Waals surface area contributed by atoms with E-state index in [-0.39, 0.29) is 12.1 Å². The van der Waals surface area contributed by atoms with E-state index in [0.29, 0.717) is 12.1 Å². The third kappa shape index (κ3) is 2.83. The van der Waals surface area contributed by atoms with Crippen LogP contribution in [0.1, 0.15) is 5.56 Å². The fraction of sp³-hybridized carbons (Fsp3) is 0.0769. The van der Waals surface area contributed by atoms with Gasteiger partial charge < -0.3 is 5.32 Å². The van der Waals surface area contributed by atoms with Crippen LogP contribution in [0.15, 0.2) is 30.3 Å². The standard InChI is InChI=1S/C13H8F5N/c14-8-4-10(16)13(11(17)5-8)19-6-7-2-1-3-9(15)12(7)18/h1-5,19H,6H2. The minimum atomic E-state index is -1.14. The number of benzene rings is 2. The third-order valence-corrected chi connectivity index (χ3v) is 2.49. The maximum atomic E-state index is 13.3. The van der Waals surface area contributed by atoms with E-state index in [9.17, 15) is 22.0 Å². The molecule has 1 N–H and O–H groups in total. The molecular weight excluding hydrogens is 265 g/mol. The van der Waals surface area contributed by atoms with Crippen LogP contribution in [0.4, 0.5) is 27.6 Å². The normalized spacial score (nSPS) is 10.6. The van der Waals surface area contributed by atoms with Crippen LogP contribution in [0.3, 0.4) is 0 Å². The topological polar surface area (TPSA) is 12.0 Å². The fourth-order valence-corrected chi connectivity index (χ4v) is 1.58. The first-order chi connectivity index (χ1) is 8.99. The Morgan fingerprint density at radius 1 is 0.842 bits per heavy atom. The summed E-state index contributed by atoms with van der Waals surface area (Å²) in [4.78, 5) is 0. The SMILES string of the molecule is Fc1cc(F)c(NCc2cccc(F)c2F)c(F)c1. The predicted octanol–water partition coefficient (Wildman–Crippen LogP) is 3.99. The molecule has 0 heterocycles. The molecule has 6 heteroatoms. The molecule has 0 spiro atoms. The minimum absolute atomic E-state index is 0.0943. The molecule has 2 rings (SSSR count). The predicted molar refractivity (Wildman–Crippen MR) is 60.0 cm³/mol. The summed E-state index contributed by atoms with van der Waals surface area (Å²) in [6.07, 6.45) is 0. The Morgan fingerprint density at radius 2 is 1.47 bits per heavy atom. The van der Waals surface area contributed by atoms with E-state index >= 15 is 0 Å². The number of halogens is 5. The highest BCUT2D eigenvalue weighted by atomic mass is 19.2. The highest BCUT2D eigenvalue weighted by molar-refractivity contribution is 5.47. The summed E-state index contributed by atoms with van der Waals surface area (Å²) in [5.74, 6) is -5.50. The first-order valence-corrected chi connectivity index (χ1v) is 5.30. The second kappa shape index (κ2) is 5.26. The second-order valence-corrected chi connectivity index (χ2v) is 3.81. The molecule has 0 fully saturated rings. The van der Waals surface area contributed by atoms with Crippen molar-refractivity contribution in [2.24, 2.45) is 0 Å². The lowest BCUT2D eigenvalue weighted by Crippen LogP contribution is -2.06. The van der Waals surface area contributed by atoms with Gasteiger partial charge in [-0.3, -0.25) is 0 Å². The van der Waals surface area contributed by atoms with Gasteiger partial charge in [0.25, 0.3) is 0 Å². The molecule has 100 valence electrons. The highest BCUT2D eigenvalue weighted by Crippen LogP contribution is 2.21. The summed E-state index contributed by atoms with van der Waals surface area (Å²) in [5.41, 5.74) is -0.687. The summed E-state index contributed by atoms with van der Waals surface area (Å²) < 4.78 is 65.5. The van der Waals surface area contributed by atoms with E-state index in [0.717, 1.165) is 6.07 Å². The molecule has 2 aromatic carbocycles. The lowest BCUT2D eigenvalue weighted by atomic mass is 10.2. The lowest BCUT2D eigenvalue weighted by molar-refractivity contribution is 0.499. The molecule has 0 bridgehead atoms. The molecule has 0 aromatic heterocycles. The number of nitrogens with one attached hydrogen (secondary N) is 1. The van der Waals surface area contributed by atoms with Crippen molar-refractivity contribution in [3.05, 3.63) is 65.0 Å². The molecule has 0 amide bonds. The van der Waals surface area contributed by atoms with Crippen molar-refractivity contribution >= 4 is 5.69 Å². The number of rotatable bonds is 3. The zero-order chi connectivity index (χ0) is 14.0. The molecule has 19 heavy (non-hydrogen) atoms. The summed E-state index contributed by atoms with van der Waals surface area (Å²) >= 11 is 0. The van der Waals surface area contributed by atoms with E-state index in [1.165, 1.54) is 12.1 Å². The van der Waals surface area contributed by atoms with Crippen LogP contribution >= 0.6 is 0 Å². The van der Waals surface area contributed by atoms with Gasteiger partial charge in [0, 0.05) is 24.2 Å². The van der Waals surface area contributed by atoms with Crippen LogP contribution in [0.25, 0.3) is 0 Å². The van der Waals surface area contributed by atoms with Gasteiger partial charge in [0.2, 0.25) is 0 Å². The van der Waals surface area contributed by atoms with Crippen molar-refractivity contribution in [3.63, 3.8) is 0 Å². The third-order valence-electron chi connectivity index (χ3n) is 2.49. The van der Waals surface area contributed by atoms with Crippen molar-refractivity contribution in [2.45, 2.75) is 6.54 Å². The molecule has 1 nitrogen and oxygen atoms in total.